The zero-order chi connectivity index (χ0) is 21.9. The van der Waals surface area contributed by atoms with Crippen LogP contribution in [-0.4, -0.2) is 19.2 Å². The van der Waals surface area contributed by atoms with Crippen molar-refractivity contribution in [2.24, 2.45) is 0 Å². The monoisotopic (exact) mass is 456 g/mol. The minimum absolute atomic E-state index is 0.750. The maximum absolute atomic E-state index is 5.87. The third-order valence-electron chi connectivity index (χ3n) is 5.16. The number of benzene rings is 2. The van der Waals surface area contributed by atoms with Gasteiger partial charge in [-0.15, -0.1) is 0 Å². The maximum Gasteiger partial charge on any atom is 0.0740 e. The molecule has 6 aromatic rings. The summed E-state index contributed by atoms with van der Waals surface area (Å²) in [6.45, 7) is 0. The average molecular weight is 457 g/mol. The van der Waals surface area contributed by atoms with E-state index in [1.165, 1.54) is 0 Å². The van der Waals surface area contributed by atoms with Crippen LogP contribution in [-0.2, 0) is 0 Å². The Hall–Kier alpha value is -3.60. The highest BCUT2D eigenvalue weighted by atomic mass is 35.5. The van der Waals surface area contributed by atoms with Crippen LogP contribution < -0.4 is 0 Å². The van der Waals surface area contributed by atoms with Crippen LogP contribution in [0.2, 0.25) is 10.0 Å². The van der Waals surface area contributed by atoms with E-state index in [9.17, 15) is 0 Å². The third kappa shape index (κ3) is 4.11. The lowest BCUT2D eigenvalue weighted by molar-refractivity contribution is 0.961. The summed E-state index contributed by atoms with van der Waals surface area (Å²) in [5.41, 5.74) is 6.71. The Balaban J connectivity index is 0.000000135. The van der Waals surface area contributed by atoms with Crippen molar-refractivity contribution < 1.29 is 0 Å². The molecule has 6 heteroatoms. The number of halogens is 2. The molecule has 4 aromatic heterocycles. The molecule has 0 saturated heterocycles. The van der Waals surface area contributed by atoms with Crippen LogP contribution in [0.15, 0.2) is 110 Å². The van der Waals surface area contributed by atoms with E-state index in [1.807, 2.05) is 107 Å². The molecular weight excluding hydrogens is 439 g/mol. The van der Waals surface area contributed by atoms with Crippen molar-refractivity contribution in [3.8, 4) is 22.3 Å². The fourth-order valence-electron chi connectivity index (χ4n) is 3.57. The van der Waals surface area contributed by atoms with Crippen molar-refractivity contribution in [2.45, 2.75) is 0 Å². The third-order valence-corrected chi connectivity index (χ3v) is 5.67. The second-order valence-electron chi connectivity index (χ2n) is 7.19. The maximum atomic E-state index is 5.87. The Kier molecular flexibility index (Phi) is 5.63. The molecule has 0 aliphatic heterocycles. The summed E-state index contributed by atoms with van der Waals surface area (Å²) in [6, 6.07) is 27.6. The molecule has 0 aliphatic carbocycles. The van der Waals surface area contributed by atoms with Gasteiger partial charge >= 0.3 is 0 Å². The molecule has 6 rings (SSSR count). The normalized spacial score (nSPS) is 10.8. The number of fused-ring (bicyclic) bond motifs is 2. The largest absolute Gasteiger partial charge is 0.240 e. The van der Waals surface area contributed by atoms with E-state index in [0.29, 0.717) is 0 Å². The van der Waals surface area contributed by atoms with Crippen molar-refractivity contribution in [1.29, 1.82) is 0 Å². The molecule has 0 saturated carbocycles. The fraction of sp³-hybridized carbons (Fsp3) is 0. The second kappa shape index (κ2) is 8.87. The molecule has 0 spiro atoms. The van der Waals surface area contributed by atoms with E-state index in [4.69, 9.17) is 23.2 Å². The van der Waals surface area contributed by atoms with Gasteiger partial charge in [0.25, 0.3) is 0 Å². The zero-order valence-electron chi connectivity index (χ0n) is 16.9. The van der Waals surface area contributed by atoms with Crippen molar-refractivity contribution in [3.63, 3.8) is 0 Å². The van der Waals surface area contributed by atoms with E-state index < -0.39 is 0 Å². The SMILES string of the molecule is Clc1ccc(-c2cnn3ccccc23)cc1.Clc1ccc(-c2cnn3ccccc23)cc1. The van der Waals surface area contributed by atoms with Gasteiger partial charge < -0.3 is 0 Å². The van der Waals surface area contributed by atoms with Gasteiger partial charge in [0.15, 0.2) is 0 Å². The molecule has 0 bridgehead atoms. The topological polar surface area (TPSA) is 34.6 Å². The second-order valence-corrected chi connectivity index (χ2v) is 8.06. The van der Waals surface area contributed by atoms with E-state index in [-0.39, 0.29) is 0 Å². The molecule has 0 N–H and O–H groups in total. The summed E-state index contributed by atoms with van der Waals surface area (Å²) in [5, 5.41) is 10.1. The number of nitrogens with zero attached hydrogens (tertiary/aromatic N) is 4. The standard InChI is InChI=1S/2C13H9ClN2/c2*14-11-6-4-10(5-7-11)12-9-15-16-8-2-1-3-13(12)16/h2*1-9H. The van der Waals surface area contributed by atoms with E-state index in [0.717, 1.165) is 43.3 Å². The van der Waals surface area contributed by atoms with Crippen molar-refractivity contribution >= 4 is 34.2 Å². The predicted molar refractivity (Wildman–Crippen MR) is 131 cm³/mol. The Bertz CT molecular complexity index is 1370. The number of hydrogen-bond acceptors (Lipinski definition) is 2. The van der Waals surface area contributed by atoms with Gasteiger partial charge in [-0.2, -0.15) is 10.2 Å². The van der Waals surface area contributed by atoms with Gasteiger partial charge in [0.05, 0.1) is 23.4 Å². The van der Waals surface area contributed by atoms with E-state index in [2.05, 4.69) is 22.3 Å². The minimum atomic E-state index is 0.750. The van der Waals surface area contributed by atoms with Crippen LogP contribution in [0.5, 0.6) is 0 Å². The molecule has 0 atom stereocenters. The molecule has 0 fully saturated rings. The first kappa shape index (κ1) is 20.3. The summed E-state index contributed by atoms with van der Waals surface area (Å²) in [4.78, 5) is 0. The van der Waals surface area contributed by atoms with Gasteiger partial charge in [0.2, 0.25) is 0 Å². The van der Waals surface area contributed by atoms with Crippen LogP contribution >= 0.6 is 23.2 Å². The number of pyridine rings is 2. The molecule has 4 heterocycles. The predicted octanol–water partition coefficient (Wildman–Crippen LogP) is 7.31. The van der Waals surface area contributed by atoms with Crippen LogP contribution in [0.25, 0.3) is 33.3 Å². The lowest BCUT2D eigenvalue weighted by Crippen LogP contribution is -1.83. The molecule has 0 aliphatic rings. The average Bonchev–Trinajstić information content (AvgIpc) is 3.45. The smallest absolute Gasteiger partial charge is 0.0740 e. The van der Waals surface area contributed by atoms with Gasteiger partial charge in [0, 0.05) is 33.6 Å². The van der Waals surface area contributed by atoms with Crippen LogP contribution in [0.4, 0.5) is 0 Å². The van der Waals surface area contributed by atoms with Crippen molar-refractivity contribution in [2.75, 3.05) is 0 Å². The zero-order valence-corrected chi connectivity index (χ0v) is 18.4. The van der Waals surface area contributed by atoms with Gasteiger partial charge in [-0.25, -0.2) is 9.03 Å². The summed E-state index contributed by atoms with van der Waals surface area (Å²) >= 11 is 11.7. The Labute approximate surface area is 195 Å². The summed E-state index contributed by atoms with van der Waals surface area (Å²) in [7, 11) is 0. The van der Waals surface area contributed by atoms with Crippen LogP contribution in [0, 0.1) is 0 Å². The summed E-state index contributed by atoms with van der Waals surface area (Å²) in [5.74, 6) is 0. The molecule has 4 nitrogen and oxygen atoms in total. The van der Waals surface area contributed by atoms with Gasteiger partial charge in [-0.1, -0.05) is 59.6 Å². The van der Waals surface area contributed by atoms with E-state index >= 15 is 0 Å². The lowest BCUT2D eigenvalue weighted by atomic mass is 10.1. The van der Waals surface area contributed by atoms with Crippen LogP contribution in [0.3, 0.4) is 0 Å². The molecule has 32 heavy (non-hydrogen) atoms. The van der Waals surface area contributed by atoms with Gasteiger partial charge in [-0.3, -0.25) is 0 Å². The molecule has 0 amide bonds. The minimum Gasteiger partial charge on any atom is -0.240 e. The van der Waals surface area contributed by atoms with Gasteiger partial charge in [0.1, 0.15) is 0 Å². The Morgan fingerprint density at radius 2 is 0.906 bits per heavy atom. The van der Waals surface area contributed by atoms with Gasteiger partial charge in [-0.05, 0) is 59.7 Å². The highest BCUT2D eigenvalue weighted by molar-refractivity contribution is 6.30. The van der Waals surface area contributed by atoms with E-state index in [1.54, 1.807) is 0 Å². The first-order valence-electron chi connectivity index (χ1n) is 10.1. The first-order valence-corrected chi connectivity index (χ1v) is 10.8. The molecule has 0 unspecified atom stereocenters. The molecule has 156 valence electrons. The first-order chi connectivity index (χ1) is 15.7. The summed E-state index contributed by atoms with van der Waals surface area (Å²) < 4.78 is 3.73. The quantitative estimate of drug-likeness (QED) is 0.273. The van der Waals surface area contributed by atoms with Crippen LogP contribution in [0.1, 0.15) is 0 Å². The fourth-order valence-corrected chi connectivity index (χ4v) is 3.82. The molecular formula is C26H18Cl2N4. The van der Waals surface area contributed by atoms with Crippen molar-refractivity contribution in [3.05, 3.63) is 120 Å². The Morgan fingerprint density at radius 3 is 1.31 bits per heavy atom. The highest BCUT2D eigenvalue weighted by Gasteiger charge is 2.06. The van der Waals surface area contributed by atoms with Crippen molar-refractivity contribution in [1.82, 2.24) is 19.2 Å². The number of aromatic nitrogens is 4. The number of rotatable bonds is 2. The summed E-state index contributed by atoms with van der Waals surface area (Å²) in [6.07, 6.45) is 7.63. The molecule has 0 radical (unpaired) electrons. The number of hydrogen-bond donors (Lipinski definition) is 0. The molecule has 2 aromatic carbocycles. The Morgan fingerprint density at radius 1 is 0.500 bits per heavy atom. The lowest BCUT2D eigenvalue weighted by Gasteiger charge is -1.99. The highest BCUT2D eigenvalue weighted by Crippen LogP contribution is 2.26.